The maximum Gasteiger partial charge on any atom is 0.220 e. The Morgan fingerprint density at radius 1 is 1.45 bits per heavy atom. The molecule has 0 spiro atoms. The first-order valence-corrected chi connectivity index (χ1v) is 8.20. The number of nitrogens with one attached hydrogen (secondary N) is 2. The maximum atomic E-state index is 12.0. The van der Waals surface area contributed by atoms with Gasteiger partial charge in [0.05, 0.1) is 6.04 Å². The van der Waals surface area contributed by atoms with Crippen molar-refractivity contribution >= 4 is 21.8 Å². The summed E-state index contributed by atoms with van der Waals surface area (Å²) in [6.45, 7) is 4.22. The van der Waals surface area contributed by atoms with Crippen LogP contribution in [0, 0.1) is 5.92 Å². The van der Waals surface area contributed by atoms with Crippen molar-refractivity contribution in [2.24, 2.45) is 5.92 Å². The van der Waals surface area contributed by atoms with Crippen LogP contribution in [0.25, 0.3) is 0 Å². The molecule has 0 aliphatic carbocycles. The number of amides is 1. The molecule has 1 fully saturated rings. The number of carbonyl (C=O) groups is 1. The van der Waals surface area contributed by atoms with Gasteiger partial charge in [-0.05, 0) is 62.9 Å². The number of piperidine rings is 1. The molecule has 1 amide bonds. The van der Waals surface area contributed by atoms with Gasteiger partial charge in [0, 0.05) is 10.9 Å². The van der Waals surface area contributed by atoms with Gasteiger partial charge >= 0.3 is 0 Å². The van der Waals surface area contributed by atoms with Crippen LogP contribution in [0.3, 0.4) is 0 Å². The smallest absolute Gasteiger partial charge is 0.220 e. The number of hydrogen-bond donors (Lipinski definition) is 2. The maximum absolute atomic E-state index is 12.0. The van der Waals surface area contributed by atoms with Crippen molar-refractivity contribution in [3.8, 4) is 0 Å². The van der Waals surface area contributed by atoms with Crippen LogP contribution in [0.5, 0.6) is 0 Å². The van der Waals surface area contributed by atoms with E-state index >= 15 is 0 Å². The summed E-state index contributed by atoms with van der Waals surface area (Å²) >= 11 is 3.42. The normalized spacial score (nSPS) is 20.4. The zero-order chi connectivity index (χ0) is 14.4. The summed E-state index contributed by atoms with van der Waals surface area (Å²) < 4.78 is 1.06. The Hall–Kier alpha value is -0.870. The zero-order valence-corrected chi connectivity index (χ0v) is 13.6. The van der Waals surface area contributed by atoms with E-state index < -0.39 is 0 Å². The minimum absolute atomic E-state index is 0.0695. The molecule has 1 saturated heterocycles. The lowest BCUT2D eigenvalue weighted by molar-refractivity contribution is -0.122. The molecule has 1 aromatic carbocycles. The molecule has 2 N–H and O–H groups in total. The fraction of sp³-hybridized carbons (Fsp3) is 0.562. The van der Waals surface area contributed by atoms with Crippen LogP contribution in [0.4, 0.5) is 0 Å². The Bertz CT molecular complexity index is 427. The molecule has 2 rings (SSSR count). The van der Waals surface area contributed by atoms with Gasteiger partial charge in [0.25, 0.3) is 0 Å². The number of hydrogen-bond acceptors (Lipinski definition) is 2. The van der Waals surface area contributed by atoms with Gasteiger partial charge in [0.1, 0.15) is 0 Å². The predicted octanol–water partition coefficient (Wildman–Crippen LogP) is 3.41. The van der Waals surface area contributed by atoms with E-state index in [4.69, 9.17) is 0 Å². The van der Waals surface area contributed by atoms with E-state index in [1.807, 2.05) is 31.2 Å². The van der Waals surface area contributed by atoms with E-state index in [1.54, 1.807) is 0 Å². The summed E-state index contributed by atoms with van der Waals surface area (Å²) in [5.74, 6) is 0.823. The van der Waals surface area contributed by atoms with E-state index in [-0.39, 0.29) is 11.9 Å². The third kappa shape index (κ3) is 4.91. The van der Waals surface area contributed by atoms with Gasteiger partial charge in [-0.15, -0.1) is 0 Å². The molecule has 2 atom stereocenters. The Morgan fingerprint density at radius 3 is 2.85 bits per heavy atom. The molecule has 110 valence electrons. The molecule has 20 heavy (non-hydrogen) atoms. The summed E-state index contributed by atoms with van der Waals surface area (Å²) in [4.78, 5) is 12.0. The lowest BCUT2D eigenvalue weighted by Gasteiger charge is -2.22. The van der Waals surface area contributed by atoms with Gasteiger partial charge in [0.15, 0.2) is 0 Å². The van der Waals surface area contributed by atoms with E-state index in [0.717, 1.165) is 29.5 Å². The van der Waals surface area contributed by atoms with Gasteiger partial charge in [-0.25, -0.2) is 0 Å². The quantitative estimate of drug-likeness (QED) is 0.863. The van der Waals surface area contributed by atoms with E-state index in [1.165, 1.54) is 12.8 Å². The van der Waals surface area contributed by atoms with Crippen molar-refractivity contribution in [2.45, 2.75) is 38.6 Å². The molecule has 0 radical (unpaired) electrons. The van der Waals surface area contributed by atoms with Crippen LogP contribution in [0.15, 0.2) is 28.7 Å². The molecule has 4 heteroatoms. The van der Waals surface area contributed by atoms with Crippen molar-refractivity contribution in [1.29, 1.82) is 0 Å². The summed E-state index contributed by atoms with van der Waals surface area (Å²) in [6.07, 6.45) is 4.11. The molecule has 1 heterocycles. The first kappa shape index (κ1) is 15.5. The third-order valence-electron chi connectivity index (χ3n) is 3.93. The number of halogens is 1. The van der Waals surface area contributed by atoms with Gasteiger partial charge < -0.3 is 10.6 Å². The van der Waals surface area contributed by atoms with Crippen LogP contribution in [-0.4, -0.2) is 19.0 Å². The van der Waals surface area contributed by atoms with Crippen molar-refractivity contribution in [3.05, 3.63) is 34.3 Å². The molecule has 1 aromatic rings. The Labute approximate surface area is 129 Å². The second kappa shape index (κ2) is 7.79. The fourth-order valence-corrected chi connectivity index (χ4v) is 2.92. The molecule has 0 aromatic heterocycles. The Morgan fingerprint density at radius 2 is 2.20 bits per heavy atom. The minimum atomic E-state index is 0.0695. The largest absolute Gasteiger partial charge is 0.350 e. The summed E-state index contributed by atoms with van der Waals surface area (Å²) in [5.41, 5.74) is 1.14. The molecular formula is C16H23BrN2O. The zero-order valence-electron chi connectivity index (χ0n) is 12.0. The molecule has 1 unspecified atom stereocenters. The highest BCUT2D eigenvalue weighted by Gasteiger charge is 2.15. The van der Waals surface area contributed by atoms with Gasteiger partial charge in [-0.1, -0.05) is 28.1 Å². The summed E-state index contributed by atoms with van der Waals surface area (Å²) in [6, 6.07) is 8.16. The summed E-state index contributed by atoms with van der Waals surface area (Å²) in [7, 11) is 0. The van der Waals surface area contributed by atoms with Crippen LogP contribution < -0.4 is 10.6 Å². The monoisotopic (exact) mass is 338 g/mol. The SMILES string of the molecule is C[C@H](NC(=O)CCC1CCCNC1)c1ccc(Br)cc1. The van der Waals surface area contributed by atoms with E-state index in [0.29, 0.717) is 12.3 Å². The second-order valence-electron chi connectivity index (χ2n) is 5.59. The third-order valence-corrected chi connectivity index (χ3v) is 4.45. The standard InChI is InChI=1S/C16H23BrN2O/c1-12(14-5-7-15(17)8-6-14)19-16(20)9-4-13-3-2-10-18-11-13/h5-8,12-13,18H,2-4,9-11H2,1H3,(H,19,20)/t12-,13?/m0/s1. The van der Waals surface area contributed by atoms with Crippen LogP contribution in [0.1, 0.15) is 44.2 Å². The average molecular weight is 339 g/mol. The summed E-state index contributed by atoms with van der Waals surface area (Å²) in [5, 5.41) is 6.47. The van der Waals surface area contributed by atoms with Gasteiger partial charge in [-0.2, -0.15) is 0 Å². The predicted molar refractivity (Wildman–Crippen MR) is 85.5 cm³/mol. The van der Waals surface area contributed by atoms with Crippen LogP contribution in [0.2, 0.25) is 0 Å². The van der Waals surface area contributed by atoms with E-state index in [2.05, 4.69) is 26.6 Å². The second-order valence-corrected chi connectivity index (χ2v) is 6.51. The average Bonchev–Trinajstić information content (AvgIpc) is 2.47. The molecule has 1 aliphatic heterocycles. The van der Waals surface area contributed by atoms with Crippen molar-refractivity contribution in [3.63, 3.8) is 0 Å². The van der Waals surface area contributed by atoms with Crippen LogP contribution >= 0.6 is 15.9 Å². The number of benzene rings is 1. The molecule has 0 saturated carbocycles. The highest BCUT2D eigenvalue weighted by molar-refractivity contribution is 9.10. The van der Waals surface area contributed by atoms with Crippen molar-refractivity contribution < 1.29 is 4.79 Å². The molecule has 0 bridgehead atoms. The number of carbonyl (C=O) groups excluding carboxylic acids is 1. The van der Waals surface area contributed by atoms with Crippen molar-refractivity contribution in [1.82, 2.24) is 10.6 Å². The molecule has 1 aliphatic rings. The fourth-order valence-electron chi connectivity index (χ4n) is 2.65. The Balaban J connectivity index is 1.74. The Kier molecular flexibility index (Phi) is 6.05. The van der Waals surface area contributed by atoms with Gasteiger partial charge in [0.2, 0.25) is 5.91 Å². The lowest BCUT2D eigenvalue weighted by Crippen LogP contribution is -2.31. The highest BCUT2D eigenvalue weighted by Crippen LogP contribution is 2.18. The first-order chi connectivity index (χ1) is 9.65. The molecular weight excluding hydrogens is 316 g/mol. The topological polar surface area (TPSA) is 41.1 Å². The van der Waals surface area contributed by atoms with E-state index in [9.17, 15) is 4.79 Å². The highest BCUT2D eigenvalue weighted by atomic mass is 79.9. The van der Waals surface area contributed by atoms with Gasteiger partial charge in [-0.3, -0.25) is 4.79 Å². The first-order valence-electron chi connectivity index (χ1n) is 7.40. The number of rotatable bonds is 5. The minimum Gasteiger partial charge on any atom is -0.350 e. The molecule has 3 nitrogen and oxygen atoms in total. The van der Waals surface area contributed by atoms with Crippen LogP contribution in [-0.2, 0) is 4.79 Å². The van der Waals surface area contributed by atoms with Crippen molar-refractivity contribution in [2.75, 3.05) is 13.1 Å². The lowest BCUT2D eigenvalue weighted by atomic mass is 9.94.